The van der Waals surface area contributed by atoms with E-state index in [9.17, 15) is 9.18 Å². The van der Waals surface area contributed by atoms with Crippen LogP contribution >= 0.6 is 11.3 Å². The number of hydrogen-bond acceptors (Lipinski definition) is 4. The highest BCUT2D eigenvalue weighted by Gasteiger charge is 2.09. The average molecular weight is 308 g/mol. The molecule has 0 fully saturated rings. The van der Waals surface area contributed by atoms with Crippen LogP contribution in [0.5, 0.6) is 0 Å². The highest BCUT2D eigenvalue weighted by Crippen LogP contribution is 2.24. The molecule has 0 bridgehead atoms. The summed E-state index contributed by atoms with van der Waals surface area (Å²) in [4.78, 5) is 17.0. The number of carboxylic acid groups (broad SMARTS) is 1. The minimum absolute atomic E-state index is 0.117. The Morgan fingerprint density at radius 2 is 2.24 bits per heavy atom. The summed E-state index contributed by atoms with van der Waals surface area (Å²) < 4.78 is 13.3. The van der Waals surface area contributed by atoms with Crippen LogP contribution in [0.4, 0.5) is 4.39 Å². The second kappa shape index (κ2) is 6.78. The van der Waals surface area contributed by atoms with E-state index in [2.05, 4.69) is 4.98 Å². The van der Waals surface area contributed by atoms with Gasteiger partial charge >= 0.3 is 5.97 Å². The molecular weight excluding hydrogens is 291 g/mol. The molecule has 4 nitrogen and oxygen atoms in total. The Bertz CT molecular complexity index is 642. The predicted octanol–water partition coefficient (Wildman–Crippen LogP) is 3.16. The molecule has 1 N–H and O–H groups in total. The molecular formula is C15H17FN2O2S. The van der Waals surface area contributed by atoms with Crippen LogP contribution in [0.3, 0.4) is 0 Å². The Hall–Kier alpha value is -1.79. The van der Waals surface area contributed by atoms with Crippen LogP contribution in [0.2, 0.25) is 0 Å². The first kappa shape index (κ1) is 15.6. The summed E-state index contributed by atoms with van der Waals surface area (Å²) in [5.41, 5.74) is 2.31. The molecule has 0 aliphatic rings. The molecule has 0 amide bonds. The molecule has 0 aliphatic carbocycles. The smallest absolute Gasteiger partial charge is 0.304 e. The number of hydrogen-bond donors (Lipinski definition) is 1. The molecule has 1 aromatic carbocycles. The fraction of sp³-hybridized carbons (Fsp3) is 0.333. The van der Waals surface area contributed by atoms with Crippen LogP contribution < -0.4 is 0 Å². The van der Waals surface area contributed by atoms with Gasteiger partial charge in [0.2, 0.25) is 0 Å². The van der Waals surface area contributed by atoms with Crippen molar-refractivity contribution in [2.24, 2.45) is 0 Å². The normalized spacial score (nSPS) is 11.0. The molecule has 1 aromatic heterocycles. The molecule has 2 rings (SSSR count). The second-order valence-electron chi connectivity index (χ2n) is 4.97. The first-order valence-corrected chi connectivity index (χ1v) is 7.45. The third kappa shape index (κ3) is 4.34. The minimum Gasteiger partial charge on any atom is -0.481 e. The van der Waals surface area contributed by atoms with E-state index in [1.165, 1.54) is 17.4 Å². The van der Waals surface area contributed by atoms with Gasteiger partial charge in [0.25, 0.3) is 0 Å². The average Bonchev–Trinajstić information content (AvgIpc) is 2.88. The van der Waals surface area contributed by atoms with Gasteiger partial charge in [-0.2, -0.15) is 0 Å². The summed E-state index contributed by atoms with van der Waals surface area (Å²) in [7, 11) is 1.87. The fourth-order valence-electron chi connectivity index (χ4n) is 1.92. The van der Waals surface area contributed by atoms with E-state index in [0.29, 0.717) is 18.7 Å². The van der Waals surface area contributed by atoms with Gasteiger partial charge in [0, 0.05) is 17.5 Å². The number of rotatable bonds is 6. The molecule has 0 radical (unpaired) electrons. The van der Waals surface area contributed by atoms with Gasteiger partial charge in [-0.25, -0.2) is 9.37 Å². The molecule has 1 heterocycles. The lowest BCUT2D eigenvalue weighted by Gasteiger charge is -2.12. The number of benzene rings is 1. The first-order valence-electron chi connectivity index (χ1n) is 6.57. The molecule has 112 valence electrons. The molecule has 0 aliphatic heterocycles. The summed E-state index contributed by atoms with van der Waals surface area (Å²) >= 11 is 1.52. The van der Waals surface area contributed by atoms with Crippen LogP contribution in [-0.2, 0) is 11.3 Å². The zero-order chi connectivity index (χ0) is 15.4. The Balaban J connectivity index is 2.04. The molecule has 0 saturated heterocycles. The molecule has 2 aromatic rings. The third-order valence-corrected chi connectivity index (χ3v) is 3.95. The third-order valence-electron chi connectivity index (χ3n) is 3.12. The van der Waals surface area contributed by atoms with Crippen molar-refractivity contribution in [3.63, 3.8) is 0 Å². The van der Waals surface area contributed by atoms with Crippen LogP contribution in [0.25, 0.3) is 11.3 Å². The lowest BCUT2D eigenvalue weighted by atomic mass is 10.1. The topological polar surface area (TPSA) is 53.4 Å². The number of aliphatic carboxylic acids is 1. The lowest BCUT2D eigenvalue weighted by Crippen LogP contribution is -2.21. The van der Waals surface area contributed by atoms with Gasteiger partial charge in [-0.1, -0.05) is 0 Å². The number of halogens is 1. The van der Waals surface area contributed by atoms with Gasteiger partial charge in [-0.3, -0.25) is 9.69 Å². The van der Waals surface area contributed by atoms with Gasteiger partial charge < -0.3 is 5.11 Å². The van der Waals surface area contributed by atoms with E-state index in [-0.39, 0.29) is 12.2 Å². The van der Waals surface area contributed by atoms with Crippen molar-refractivity contribution in [1.82, 2.24) is 9.88 Å². The summed E-state index contributed by atoms with van der Waals surface area (Å²) in [5, 5.41) is 11.5. The Morgan fingerprint density at radius 3 is 2.90 bits per heavy atom. The number of aromatic nitrogens is 1. The van der Waals surface area contributed by atoms with Crippen LogP contribution in [0, 0.1) is 12.7 Å². The van der Waals surface area contributed by atoms with Crippen molar-refractivity contribution in [2.75, 3.05) is 13.6 Å². The lowest BCUT2D eigenvalue weighted by molar-refractivity contribution is -0.137. The standard InChI is InChI=1S/C15H17FN2O2S/c1-10-7-11(3-4-12(10)16)13-9-21-14(17-13)8-18(2)6-5-15(19)20/h3-4,7,9H,5-6,8H2,1-2H3,(H,19,20). The Morgan fingerprint density at radius 1 is 1.48 bits per heavy atom. The van der Waals surface area contributed by atoms with Gasteiger partial charge in [-0.05, 0) is 37.7 Å². The molecule has 0 spiro atoms. The second-order valence-corrected chi connectivity index (χ2v) is 5.91. The van der Waals surface area contributed by atoms with Crippen molar-refractivity contribution in [3.8, 4) is 11.3 Å². The Labute approximate surface area is 126 Å². The highest BCUT2D eigenvalue weighted by molar-refractivity contribution is 7.09. The summed E-state index contributed by atoms with van der Waals surface area (Å²) in [5.74, 6) is -1.02. The van der Waals surface area contributed by atoms with Crippen molar-refractivity contribution in [1.29, 1.82) is 0 Å². The first-order chi connectivity index (χ1) is 9.95. The van der Waals surface area contributed by atoms with E-state index in [1.807, 2.05) is 17.3 Å². The number of carboxylic acids is 1. The maximum Gasteiger partial charge on any atom is 0.304 e. The van der Waals surface area contributed by atoms with E-state index in [1.54, 1.807) is 19.1 Å². The minimum atomic E-state index is -0.802. The SMILES string of the molecule is Cc1cc(-c2csc(CN(C)CCC(=O)O)n2)ccc1F. The molecule has 6 heteroatoms. The molecule has 0 saturated carbocycles. The molecule has 0 unspecified atom stereocenters. The number of nitrogens with zero attached hydrogens (tertiary/aromatic N) is 2. The summed E-state index contributed by atoms with van der Waals surface area (Å²) in [6.45, 7) is 2.82. The predicted molar refractivity (Wildman–Crippen MR) is 80.8 cm³/mol. The van der Waals surface area contributed by atoms with Gasteiger partial charge in [0.1, 0.15) is 10.8 Å². The van der Waals surface area contributed by atoms with Crippen LogP contribution in [-0.4, -0.2) is 34.6 Å². The van der Waals surface area contributed by atoms with Crippen LogP contribution in [0.1, 0.15) is 17.0 Å². The maximum atomic E-state index is 13.3. The molecule has 0 atom stereocenters. The molecule has 21 heavy (non-hydrogen) atoms. The summed E-state index contributed by atoms with van der Waals surface area (Å²) in [6.07, 6.45) is 0.117. The van der Waals surface area contributed by atoms with Gasteiger partial charge in [0.05, 0.1) is 18.7 Å². The van der Waals surface area contributed by atoms with Crippen molar-refractivity contribution in [3.05, 3.63) is 40.0 Å². The van der Waals surface area contributed by atoms with Crippen molar-refractivity contribution < 1.29 is 14.3 Å². The van der Waals surface area contributed by atoms with Crippen LogP contribution in [0.15, 0.2) is 23.6 Å². The van der Waals surface area contributed by atoms with Crippen molar-refractivity contribution >= 4 is 17.3 Å². The van der Waals surface area contributed by atoms with Crippen molar-refractivity contribution in [2.45, 2.75) is 19.9 Å². The van der Waals surface area contributed by atoms with Gasteiger partial charge in [-0.15, -0.1) is 11.3 Å². The van der Waals surface area contributed by atoms with E-state index in [0.717, 1.165) is 16.3 Å². The van der Waals surface area contributed by atoms with Gasteiger partial charge in [0.15, 0.2) is 0 Å². The highest BCUT2D eigenvalue weighted by atomic mass is 32.1. The summed E-state index contributed by atoms with van der Waals surface area (Å²) in [6, 6.07) is 4.94. The van der Waals surface area contributed by atoms with E-state index >= 15 is 0 Å². The maximum absolute atomic E-state index is 13.3. The number of aryl methyl sites for hydroxylation is 1. The quantitative estimate of drug-likeness (QED) is 0.890. The largest absolute Gasteiger partial charge is 0.481 e. The number of carbonyl (C=O) groups is 1. The number of thiazole rings is 1. The Kier molecular flexibility index (Phi) is 5.03. The fourth-order valence-corrected chi connectivity index (χ4v) is 2.80. The van der Waals surface area contributed by atoms with E-state index < -0.39 is 5.97 Å². The monoisotopic (exact) mass is 308 g/mol. The zero-order valence-corrected chi connectivity index (χ0v) is 12.8. The van der Waals surface area contributed by atoms with E-state index in [4.69, 9.17) is 5.11 Å². The zero-order valence-electron chi connectivity index (χ0n) is 12.0.